The molecule has 2 atom stereocenters. The first kappa shape index (κ1) is 22.4. The molecule has 1 heterocycles. The molecule has 0 spiro atoms. The van der Waals surface area contributed by atoms with Crippen LogP contribution in [0.1, 0.15) is 51.5 Å². The summed E-state index contributed by atoms with van der Waals surface area (Å²) in [5.74, 6) is -1.93. The maximum Gasteiger partial charge on any atom is 0.156 e. The maximum atomic E-state index is 14.5. The number of nitrogens with zero attached hydrogens (tertiary/aromatic N) is 3. The van der Waals surface area contributed by atoms with Gasteiger partial charge in [0, 0.05) is 11.6 Å². The molecular formula is C19H27F2N3O3S. The average molecular weight is 416 g/mol. The van der Waals surface area contributed by atoms with Crippen LogP contribution < -0.4 is 0 Å². The number of halogens is 2. The fraction of sp³-hybridized carbons (Fsp3) is 0.579. The molecule has 28 heavy (non-hydrogen) atoms. The molecule has 0 aliphatic heterocycles. The summed E-state index contributed by atoms with van der Waals surface area (Å²) in [5.41, 5.74) is -2.42. The van der Waals surface area contributed by atoms with Gasteiger partial charge in [0.25, 0.3) is 0 Å². The SMILES string of the molecule is CCCCCCCS(=O)(=O)[C@H](C)[C@](O)(Cn1cncn1)c1ccc(F)cc1F. The van der Waals surface area contributed by atoms with E-state index in [1.165, 1.54) is 24.3 Å². The highest BCUT2D eigenvalue weighted by atomic mass is 32.2. The van der Waals surface area contributed by atoms with Gasteiger partial charge in [0.05, 0.1) is 17.5 Å². The number of aromatic nitrogens is 3. The van der Waals surface area contributed by atoms with Crippen LogP contribution in [0.15, 0.2) is 30.9 Å². The summed E-state index contributed by atoms with van der Waals surface area (Å²) in [7, 11) is -3.76. The Morgan fingerprint density at radius 1 is 1.21 bits per heavy atom. The summed E-state index contributed by atoms with van der Waals surface area (Å²) in [6.45, 7) is 3.09. The van der Waals surface area contributed by atoms with E-state index in [-0.39, 0.29) is 17.9 Å². The Balaban J connectivity index is 2.32. The van der Waals surface area contributed by atoms with Crippen LogP contribution in [0.4, 0.5) is 8.78 Å². The number of rotatable bonds is 11. The summed E-state index contributed by atoms with van der Waals surface area (Å²) in [4.78, 5) is 3.77. The van der Waals surface area contributed by atoms with E-state index in [1.54, 1.807) is 0 Å². The minimum Gasteiger partial charge on any atom is -0.382 e. The van der Waals surface area contributed by atoms with E-state index in [4.69, 9.17) is 0 Å². The molecule has 0 aliphatic rings. The minimum absolute atomic E-state index is 0.111. The van der Waals surface area contributed by atoms with Crippen LogP contribution in [-0.2, 0) is 22.0 Å². The first-order chi connectivity index (χ1) is 13.2. The third-order valence-corrected chi connectivity index (χ3v) is 7.34. The monoisotopic (exact) mass is 415 g/mol. The van der Waals surface area contributed by atoms with Crippen molar-refractivity contribution in [3.05, 3.63) is 48.1 Å². The zero-order valence-electron chi connectivity index (χ0n) is 16.2. The smallest absolute Gasteiger partial charge is 0.156 e. The highest BCUT2D eigenvalue weighted by molar-refractivity contribution is 7.92. The zero-order chi connectivity index (χ0) is 20.8. The second-order valence-electron chi connectivity index (χ2n) is 7.06. The van der Waals surface area contributed by atoms with E-state index in [0.29, 0.717) is 12.5 Å². The molecule has 1 aromatic heterocycles. The molecule has 0 bridgehead atoms. The van der Waals surface area contributed by atoms with Crippen molar-refractivity contribution >= 4 is 9.84 Å². The predicted molar refractivity (Wildman–Crippen MR) is 102 cm³/mol. The van der Waals surface area contributed by atoms with Crippen molar-refractivity contribution in [2.24, 2.45) is 0 Å². The van der Waals surface area contributed by atoms with Crippen molar-refractivity contribution < 1.29 is 22.3 Å². The van der Waals surface area contributed by atoms with Gasteiger partial charge in [0.15, 0.2) is 9.84 Å². The van der Waals surface area contributed by atoms with Crippen molar-refractivity contribution in [3.8, 4) is 0 Å². The predicted octanol–water partition coefficient (Wildman–Crippen LogP) is 3.22. The molecule has 0 aliphatic carbocycles. The summed E-state index contributed by atoms with van der Waals surface area (Å²) >= 11 is 0. The lowest BCUT2D eigenvalue weighted by molar-refractivity contribution is 0.0110. The van der Waals surface area contributed by atoms with E-state index < -0.39 is 32.3 Å². The lowest BCUT2D eigenvalue weighted by atomic mass is 9.90. The Kier molecular flexibility index (Phi) is 7.65. The zero-order valence-corrected chi connectivity index (χ0v) is 17.0. The van der Waals surface area contributed by atoms with Crippen LogP contribution in [-0.4, -0.2) is 39.3 Å². The van der Waals surface area contributed by atoms with E-state index in [9.17, 15) is 22.3 Å². The summed E-state index contributed by atoms with van der Waals surface area (Å²) < 4.78 is 54.8. The van der Waals surface area contributed by atoms with Gasteiger partial charge in [-0.3, -0.25) is 0 Å². The molecule has 0 saturated carbocycles. The Morgan fingerprint density at radius 3 is 2.54 bits per heavy atom. The number of hydrogen-bond donors (Lipinski definition) is 1. The number of aliphatic hydroxyl groups is 1. The number of sulfone groups is 1. The molecule has 0 amide bonds. The van der Waals surface area contributed by atoms with Gasteiger partial charge >= 0.3 is 0 Å². The highest BCUT2D eigenvalue weighted by Gasteiger charge is 2.45. The Morgan fingerprint density at radius 2 is 1.93 bits per heavy atom. The third-order valence-electron chi connectivity index (χ3n) is 5.01. The first-order valence-electron chi connectivity index (χ1n) is 9.42. The van der Waals surface area contributed by atoms with Crippen LogP contribution >= 0.6 is 0 Å². The van der Waals surface area contributed by atoms with Crippen molar-refractivity contribution in [2.45, 2.75) is 63.3 Å². The van der Waals surface area contributed by atoms with Gasteiger partial charge in [-0.1, -0.05) is 38.7 Å². The summed E-state index contributed by atoms with van der Waals surface area (Å²) in [5, 5.41) is 13.9. The van der Waals surface area contributed by atoms with Crippen LogP contribution in [0.2, 0.25) is 0 Å². The first-order valence-corrected chi connectivity index (χ1v) is 11.1. The van der Waals surface area contributed by atoms with Crippen LogP contribution in [0, 0.1) is 11.6 Å². The molecular weight excluding hydrogens is 388 g/mol. The summed E-state index contributed by atoms with van der Waals surface area (Å²) in [6.07, 6.45) is 6.79. The van der Waals surface area contributed by atoms with Crippen molar-refractivity contribution in [2.75, 3.05) is 5.75 Å². The van der Waals surface area contributed by atoms with Gasteiger partial charge in [0.2, 0.25) is 0 Å². The molecule has 0 fully saturated rings. The lowest BCUT2D eigenvalue weighted by Gasteiger charge is -2.34. The average Bonchev–Trinajstić information content (AvgIpc) is 3.13. The maximum absolute atomic E-state index is 14.5. The van der Waals surface area contributed by atoms with E-state index in [1.807, 2.05) is 0 Å². The molecule has 9 heteroatoms. The molecule has 2 rings (SSSR count). The molecule has 1 N–H and O–H groups in total. The highest BCUT2D eigenvalue weighted by Crippen LogP contribution is 2.34. The molecule has 6 nitrogen and oxygen atoms in total. The second-order valence-corrected chi connectivity index (χ2v) is 9.51. The Bertz CT molecular complexity index is 859. The number of hydrogen-bond acceptors (Lipinski definition) is 5. The third kappa shape index (κ3) is 5.35. The molecule has 0 unspecified atom stereocenters. The van der Waals surface area contributed by atoms with Crippen LogP contribution in [0.25, 0.3) is 0 Å². The molecule has 0 saturated heterocycles. The Hall–Kier alpha value is -1.87. The van der Waals surface area contributed by atoms with Crippen LogP contribution in [0.3, 0.4) is 0 Å². The quantitative estimate of drug-likeness (QED) is 0.570. The van der Waals surface area contributed by atoms with Gasteiger partial charge < -0.3 is 5.11 Å². The van der Waals surface area contributed by atoms with E-state index in [2.05, 4.69) is 17.0 Å². The van der Waals surface area contributed by atoms with Gasteiger partial charge in [-0.2, -0.15) is 5.10 Å². The topological polar surface area (TPSA) is 85.1 Å². The van der Waals surface area contributed by atoms with Crippen molar-refractivity contribution in [1.29, 1.82) is 0 Å². The van der Waals surface area contributed by atoms with Gasteiger partial charge in [0.1, 0.15) is 29.9 Å². The van der Waals surface area contributed by atoms with Crippen molar-refractivity contribution in [1.82, 2.24) is 14.8 Å². The molecule has 0 radical (unpaired) electrons. The van der Waals surface area contributed by atoms with Gasteiger partial charge in [-0.05, 0) is 19.4 Å². The van der Waals surface area contributed by atoms with E-state index >= 15 is 0 Å². The van der Waals surface area contributed by atoms with Crippen molar-refractivity contribution in [3.63, 3.8) is 0 Å². The van der Waals surface area contributed by atoms with Gasteiger partial charge in [-0.25, -0.2) is 26.9 Å². The Labute approximate surface area is 164 Å². The second kappa shape index (κ2) is 9.56. The van der Waals surface area contributed by atoms with Gasteiger partial charge in [-0.15, -0.1) is 0 Å². The molecule has 2 aromatic rings. The molecule has 156 valence electrons. The molecule has 1 aromatic carbocycles. The number of unbranched alkanes of at least 4 members (excludes halogenated alkanes) is 4. The van der Waals surface area contributed by atoms with Crippen LogP contribution in [0.5, 0.6) is 0 Å². The normalized spacial score (nSPS) is 15.3. The fourth-order valence-corrected chi connectivity index (χ4v) is 4.97. The fourth-order valence-electron chi connectivity index (χ4n) is 3.22. The summed E-state index contributed by atoms with van der Waals surface area (Å²) in [6, 6.07) is 2.70. The lowest BCUT2D eigenvalue weighted by Crippen LogP contribution is -2.47. The standard InChI is InChI=1S/C19H27F2N3O3S/c1-3-4-5-6-7-10-28(26,27)15(2)19(25,12-24-14-22-13-23-24)17-9-8-16(20)11-18(17)21/h8-9,11,13-15,25H,3-7,10,12H2,1-2H3/t15-,19-/m1/s1. The minimum atomic E-state index is -3.76. The number of benzene rings is 1. The van der Waals surface area contributed by atoms with E-state index in [0.717, 1.165) is 37.8 Å². The largest absolute Gasteiger partial charge is 0.382 e.